The van der Waals surface area contributed by atoms with Crippen LogP contribution in [0, 0.1) is 0 Å². The highest BCUT2D eigenvalue weighted by Gasteiger charge is 2.32. The third kappa shape index (κ3) is 6.41. The number of aromatic hydroxyl groups is 1. The number of amides is 1. The zero-order chi connectivity index (χ0) is 25.5. The van der Waals surface area contributed by atoms with Gasteiger partial charge in [0.2, 0.25) is 5.91 Å². The number of phenols is 1. The number of thioether (sulfide) groups is 1. The highest BCUT2D eigenvalue weighted by Crippen LogP contribution is 2.42. The number of hydrogen-bond donors (Lipinski definition) is 1. The zero-order valence-corrected chi connectivity index (χ0v) is 22.6. The Kier molecular flexibility index (Phi) is 8.88. The van der Waals surface area contributed by atoms with Crippen molar-refractivity contribution in [3.63, 3.8) is 0 Å². The lowest BCUT2D eigenvalue weighted by molar-refractivity contribution is -0.137. The number of phenolic OH excluding ortho intramolecular Hbond substituents is 1. The fraction of sp³-hybridized carbons (Fsp3) is 0.424. The summed E-state index contributed by atoms with van der Waals surface area (Å²) in [7, 11) is 0. The Balaban J connectivity index is 1.34. The van der Waals surface area contributed by atoms with Crippen LogP contribution in [0.3, 0.4) is 0 Å². The van der Waals surface area contributed by atoms with Crippen molar-refractivity contribution < 1.29 is 9.90 Å². The molecule has 0 aliphatic heterocycles. The van der Waals surface area contributed by atoms with Gasteiger partial charge in [0.1, 0.15) is 5.75 Å². The first-order chi connectivity index (χ1) is 18.2. The Morgan fingerprint density at radius 2 is 1.19 bits per heavy atom. The molecule has 5 rings (SSSR count). The molecule has 0 atom stereocenters. The molecule has 0 heterocycles. The Morgan fingerprint density at radius 3 is 1.65 bits per heavy atom. The molecule has 2 saturated carbocycles. The van der Waals surface area contributed by atoms with E-state index in [1.54, 1.807) is 11.8 Å². The predicted octanol–water partition coefficient (Wildman–Crippen LogP) is 8.70. The van der Waals surface area contributed by atoms with Gasteiger partial charge >= 0.3 is 0 Å². The third-order valence-electron chi connectivity index (χ3n) is 8.06. The second-order valence-electron chi connectivity index (χ2n) is 10.6. The van der Waals surface area contributed by atoms with Gasteiger partial charge in [-0.15, -0.1) is 11.8 Å². The summed E-state index contributed by atoms with van der Waals surface area (Å²) in [5, 5.41) is 11.2. The largest absolute Gasteiger partial charge is 0.507 e. The van der Waals surface area contributed by atoms with E-state index in [4.69, 9.17) is 0 Å². The van der Waals surface area contributed by atoms with Crippen LogP contribution in [0.1, 0.15) is 70.6 Å². The minimum atomic E-state index is 0.304. The Labute approximate surface area is 226 Å². The summed E-state index contributed by atoms with van der Waals surface area (Å²) < 4.78 is 0. The van der Waals surface area contributed by atoms with Crippen LogP contribution in [-0.4, -0.2) is 33.8 Å². The van der Waals surface area contributed by atoms with Crippen molar-refractivity contribution in [1.82, 2.24) is 4.90 Å². The predicted molar refractivity (Wildman–Crippen MR) is 155 cm³/mol. The maximum absolute atomic E-state index is 13.6. The fourth-order valence-corrected chi connectivity index (χ4v) is 7.09. The van der Waals surface area contributed by atoms with Crippen LogP contribution in [0.15, 0.2) is 77.7 Å². The molecule has 0 saturated heterocycles. The average molecular weight is 514 g/mol. The molecule has 0 spiro atoms. The Morgan fingerprint density at radius 1 is 0.730 bits per heavy atom. The van der Waals surface area contributed by atoms with E-state index in [1.165, 1.54) is 64.2 Å². The normalized spacial score (nSPS) is 17.0. The van der Waals surface area contributed by atoms with Crippen LogP contribution in [0.5, 0.6) is 5.75 Å². The maximum Gasteiger partial charge on any atom is 0.223 e. The molecule has 2 fully saturated rings. The van der Waals surface area contributed by atoms with Crippen molar-refractivity contribution in [1.29, 1.82) is 0 Å². The van der Waals surface area contributed by atoms with E-state index in [2.05, 4.69) is 17.0 Å². The highest BCUT2D eigenvalue weighted by atomic mass is 32.2. The van der Waals surface area contributed by atoms with Crippen LogP contribution in [0.25, 0.3) is 22.3 Å². The second-order valence-corrected chi connectivity index (χ2v) is 11.8. The van der Waals surface area contributed by atoms with Crippen molar-refractivity contribution in [3.05, 3.63) is 72.8 Å². The number of carbonyl (C=O) groups is 1. The van der Waals surface area contributed by atoms with E-state index in [-0.39, 0.29) is 0 Å². The molecule has 3 nitrogen and oxygen atoms in total. The Hall–Kier alpha value is -2.72. The molecule has 194 valence electrons. The minimum absolute atomic E-state index is 0.304. The first kappa shape index (κ1) is 25.9. The van der Waals surface area contributed by atoms with E-state index >= 15 is 0 Å². The van der Waals surface area contributed by atoms with Crippen molar-refractivity contribution in [3.8, 4) is 28.0 Å². The van der Waals surface area contributed by atoms with Crippen LogP contribution in [0.2, 0.25) is 0 Å². The van der Waals surface area contributed by atoms with E-state index in [0.717, 1.165) is 32.9 Å². The van der Waals surface area contributed by atoms with Gasteiger partial charge in [-0.1, -0.05) is 99.2 Å². The molecule has 3 aromatic rings. The van der Waals surface area contributed by atoms with Gasteiger partial charge in [-0.3, -0.25) is 4.79 Å². The zero-order valence-electron chi connectivity index (χ0n) is 21.8. The fourth-order valence-electron chi connectivity index (χ4n) is 6.18. The van der Waals surface area contributed by atoms with Crippen molar-refractivity contribution in [2.24, 2.45) is 0 Å². The lowest BCUT2D eigenvalue weighted by atomic mass is 9.88. The molecule has 0 unspecified atom stereocenters. The van der Waals surface area contributed by atoms with Crippen LogP contribution >= 0.6 is 11.8 Å². The smallest absolute Gasteiger partial charge is 0.223 e. The van der Waals surface area contributed by atoms with Gasteiger partial charge in [-0.2, -0.15) is 0 Å². The van der Waals surface area contributed by atoms with Crippen molar-refractivity contribution in [2.45, 2.75) is 87.6 Å². The topological polar surface area (TPSA) is 40.5 Å². The van der Waals surface area contributed by atoms with Crippen LogP contribution in [-0.2, 0) is 4.79 Å². The monoisotopic (exact) mass is 513 g/mol. The molecule has 0 aromatic heterocycles. The van der Waals surface area contributed by atoms with E-state index in [0.29, 0.717) is 30.2 Å². The first-order valence-corrected chi connectivity index (χ1v) is 15.1. The van der Waals surface area contributed by atoms with E-state index in [1.807, 2.05) is 60.7 Å². The molecule has 2 aliphatic rings. The van der Waals surface area contributed by atoms with Gasteiger partial charge in [0, 0.05) is 40.3 Å². The lowest BCUT2D eigenvalue weighted by Crippen LogP contribution is -2.48. The quantitative estimate of drug-likeness (QED) is 0.306. The number of nitrogens with zero attached hydrogens (tertiary/aromatic N) is 1. The standard InChI is InChI=1S/C33H39NO2S/c35-32(34(27-17-9-3-10-18-27)28-19-11-4-12-20-28)21-22-37-29-23-30(25-13-5-1-6-14-25)33(36)31(24-29)26-15-7-2-8-16-26/h1-2,5-8,13-16,23-24,27-28,36H,3-4,9-12,17-22H2. The SMILES string of the molecule is O=C(CCSc1cc(-c2ccccc2)c(O)c(-c2ccccc2)c1)N(C1CCCCC1)C1CCCCC1. The summed E-state index contributed by atoms with van der Waals surface area (Å²) in [6, 6.07) is 25.2. The molecule has 3 aromatic carbocycles. The third-order valence-corrected chi connectivity index (χ3v) is 9.04. The molecular formula is C33H39NO2S. The highest BCUT2D eigenvalue weighted by molar-refractivity contribution is 7.99. The summed E-state index contributed by atoms with van der Waals surface area (Å²) in [6.07, 6.45) is 12.9. The summed E-state index contributed by atoms with van der Waals surface area (Å²) >= 11 is 1.73. The number of benzene rings is 3. The molecule has 4 heteroatoms. The molecule has 1 N–H and O–H groups in total. The van der Waals surface area contributed by atoms with Crippen molar-refractivity contribution >= 4 is 17.7 Å². The first-order valence-electron chi connectivity index (χ1n) is 14.1. The Bertz CT molecular complexity index is 1070. The number of carbonyl (C=O) groups excluding carboxylic acids is 1. The number of rotatable bonds is 8. The summed E-state index contributed by atoms with van der Waals surface area (Å²) in [6.45, 7) is 0. The maximum atomic E-state index is 13.6. The second kappa shape index (κ2) is 12.7. The van der Waals surface area contributed by atoms with Gasteiger partial charge in [0.25, 0.3) is 0 Å². The number of hydrogen-bond acceptors (Lipinski definition) is 3. The van der Waals surface area contributed by atoms with Crippen LogP contribution < -0.4 is 0 Å². The van der Waals surface area contributed by atoms with E-state index in [9.17, 15) is 9.90 Å². The lowest BCUT2D eigenvalue weighted by Gasteiger charge is -2.42. The van der Waals surface area contributed by atoms with Gasteiger partial charge < -0.3 is 10.0 Å². The molecule has 2 aliphatic carbocycles. The molecule has 0 bridgehead atoms. The van der Waals surface area contributed by atoms with Gasteiger partial charge in [-0.05, 0) is 48.9 Å². The summed E-state index contributed by atoms with van der Waals surface area (Å²) in [4.78, 5) is 17.1. The van der Waals surface area contributed by atoms with Crippen molar-refractivity contribution in [2.75, 3.05) is 5.75 Å². The van der Waals surface area contributed by atoms with Gasteiger partial charge in [0.05, 0.1) is 0 Å². The molecular weight excluding hydrogens is 474 g/mol. The molecule has 1 amide bonds. The van der Waals surface area contributed by atoms with Gasteiger partial charge in [-0.25, -0.2) is 0 Å². The minimum Gasteiger partial charge on any atom is -0.507 e. The van der Waals surface area contributed by atoms with Crippen LogP contribution in [0.4, 0.5) is 0 Å². The summed E-state index contributed by atoms with van der Waals surface area (Å²) in [5.41, 5.74) is 3.66. The molecule has 37 heavy (non-hydrogen) atoms. The molecule has 0 radical (unpaired) electrons. The summed E-state index contributed by atoms with van der Waals surface area (Å²) in [5.74, 6) is 1.40. The van der Waals surface area contributed by atoms with Gasteiger partial charge in [0.15, 0.2) is 0 Å². The van der Waals surface area contributed by atoms with E-state index < -0.39 is 0 Å². The average Bonchev–Trinajstić information content (AvgIpc) is 2.96.